The maximum atomic E-state index is 12.2. The molecule has 5 nitrogen and oxygen atoms in total. The number of nitrogens with zero attached hydrogens (tertiary/aromatic N) is 1. The van der Waals surface area contributed by atoms with E-state index in [1.54, 1.807) is 30.2 Å². The molecule has 3 rings (SSSR count). The highest BCUT2D eigenvalue weighted by atomic mass is 16.5. The van der Waals surface area contributed by atoms with Crippen LogP contribution >= 0.6 is 0 Å². The summed E-state index contributed by atoms with van der Waals surface area (Å²) in [4.78, 5) is 25.4. The third-order valence-corrected chi connectivity index (χ3v) is 3.81. The summed E-state index contributed by atoms with van der Waals surface area (Å²) in [5.41, 5.74) is 2.24. The van der Waals surface area contributed by atoms with E-state index in [1.807, 2.05) is 24.3 Å². The fourth-order valence-corrected chi connectivity index (χ4v) is 2.51. The third kappa shape index (κ3) is 3.04. The number of carbonyl (C=O) groups is 2. The summed E-state index contributed by atoms with van der Waals surface area (Å²) in [7, 11) is 1.61. The van der Waals surface area contributed by atoms with Crippen molar-refractivity contribution in [3.63, 3.8) is 0 Å². The molecule has 0 spiro atoms. The molecule has 1 heterocycles. The van der Waals surface area contributed by atoms with E-state index in [2.05, 4.69) is 0 Å². The van der Waals surface area contributed by atoms with Crippen LogP contribution in [0.15, 0.2) is 42.5 Å². The van der Waals surface area contributed by atoms with Crippen LogP contribution in [0.2, 0.25) is 0 Å². The number of amides is 1. The zero-order valence-electron chi connectivity index (χ0n) is 13.0. The Bertz CT molecular complexity index is 752. The second kappa shape index (κ2) is 6.12. The molecule has 0 aromatic heterocycles. The number of benzene rings is 2. The quantitative estimate of drug-likeness (QED) is 0.815. The van der Waals surface area contributed by atoms with Gasteiger partial charge < -0.3 is 14.4 Å². The van der Waals surface area contributed by atoms with Crippen LogP contribution in [0.25, 0.3) is 0 Å². The van der Waals surface area contributed by atoms with E-state index in [-0.39, 0.29) is 18.3 Å². The second-order valence-electron chi connectivity index (χ2n) is 5.36. The summed E-state index contributed by atoms with van der Waals surface area (Å²) in [6.45, 7) is 1.92. The molecule has 0 saturated heterocycles. The van der Waals surface area contributed by atoms with Crippen molar-refractivity contribution in [1.29, 1.82) is 0 Å². The average molecular weight is 311 g/mol. The molecule has 2 aromatic carbocycles. The van der Waals surface area contributed by atoms with E-state index in [4.69, 9.17) is 9.47 Å². The van der Waals surface area contributed by atoms with Gasteiger partial charge in [-0.15, -0.1) is 0 Å². The lowest BCUT2D eigenvalue weighted by atomic mass is 10.1. The van der Waals surface area contributed by atoms with Gasteiger partial charge in [0.2, 0.25) is 0 Å². The smallest absolute Gasteiger partial charge is 0.265 e. The van der Waals surface area contributed by atoms with E-state index in [1.165, 1.54) is 6.92 Å². The first kappa shape index (κ1) is 15.1. The minimum absolute atomic E-state index is 0.0233. The zero-order valence-corrected chi connectivity index (χ0v) is 13.0. The van der Waals surface area contributed by atoms with Gasteiger partial charge in [0.25, 0.3) is 5.91 Å². The van der Waals surface area contributed by atoms with E-state index >= 15 is 0 Å². The number of ether oxygens (including phenoxy) is 2. The Morgan fingerprint density at radius 1 is 1.22 bits per heavy atom. The van der Waals surface area contributed by atoms with Gasteiger partial charge in [0, 0.05) is 5.56 Å². The van der Waals surface area contributed by atoms with E-state index in [0.29, 0.717) is 23.5 Å². The summed E-state index contributed by atoms with van der Waals surface area (Å²) in [6.07, 6.45) is 0. The molecule has 1 aliphatic rings. The van der Waals surface area contributed by atoms with Gasteiger partial charge in [0.1, 0.15) is 11.5 Å². The third-order valence-electron chi connectivity index (χ3n) is 3.81. The first-order chi connectivity index (χ1) is 11.1. The van der Waals surface area contributed by atoms with Gasteiger partial charge in [-0.05, 0) is 42.8 Å². The Morgan fingerprint density at radius 2 is 1.96 bits per heavy atom. The normalized spacial score (nSPS) is 13.3. The van der Waals surface area contributed by atoms with Gasteiger partial charge in [-0.2, -0.15) is 0 Å². The summed E-state index contributed by atoms with van der Waals surface area (Å²) in [6, 6.07) is 12.7. The maximum Gasteiger partial charge on any atom is 0.265 e. The fourth-order valence-electron chi connectivity index (χ4n) is 2.51. The van der Waals surface area contributed by atoms with Crippen LogP contribution in [-0.2, 0) is 11.3 Å². The highest BCUT2D eigenvalue weighted by molar-refractivity contribution is 6.00. The van der Waals surface area contributed by atoms with Crippen molar-refractivity contribution in [2.75, 3.05) is 18.6 Å². The molecule has 5 heteroatoms. The minimum atomic E-state index is -0.108. The largest absolute Gasteiger partial charge is 0.497 e. The number of hydrogen-bond acceptors (Lipinski definition) is 4. The molecule has 0 unspecified atom stereocenters. The number of carbonyl (C=O) groups excluding carboxylic acids is 2. The standard InChI is InChI=1S/C18H17NO4/c1-12(20)14-5-8-16-17(9-14)23-11-18(21)19(16)10-13-3-6-15(22-2)7-4-13/h3-9H,10-11H2,1-2H3. The van der Waals surface area contributed by atoms with Crippen molar-refractivity contribution in [3.05, 3.63) is 53.6 Å². The lowest BCUT2D eigenvalue weighted by Gasteiger charge is -2.29. The van der Waals surface area contributed by atoms with Gasteiger partial charge in [0.05, 0.1) is 19.3 Å². The summed E-state index contributed by atoms with van der Waals surface area (Å²) in [5, 5.41) is 0. The van der Waals surface area contributed by atoms with Gasteiger partial charge in [-0.25, -0.2) is 0 Å². The Kier molecular flexibility index (Phi) is 4.02. The number of rotatable bonds is 4. The van der Waals surface area contributed by atoms with Crippen LogP contribution in [0.1, 0.15) is 22.8 Å². The molecule has 118 valence electrons. The lowest BCUT2D eigenvalue weighted by Crippen LogP contribution is -2.38. The van der Waals surface area contributed by atoms with Crippen molar-refractivity contribution in [2.24, 2.45) is 0 Å². The topological polar surface area (TPSA) is 55.8 Å². The molecule has 0 radical (unpaired) electrons. The van der Waals surface area contributed by atoms with Crippen LogP contribution in [0, 0.1) is 0 Å². The Labute approximate surface area is 134 Å². The molecule has 1 aliphatic heterocycles. The minimum Gasteiger partial charge on any atom is -0.497 e. The van der Waals surface area contributed by atoms with Crippen molar-refractivity contribution in [1.82, 2.24) is 0 Å². The molecule has 0 atom stereocenters. The molecule has 2 aromatic rings. The van der Waals surface area contributed by atoms with Crippen molar-refractivity contribution in [2.45, 2.75) is 13.5 Å². The summed E-state index contributed by atoms with van der Waals surface area (Å²) in [5.74, 6) is 1.19. The molecule has 0 saturated carbocycles. The first-order valence-electron chi connectivity index (χ1n) is 7.29. The number of methoxy groups -OCH3 is 1. The van der Waals surface area contributed by atoms with Crippen LogP contribution in [0.5, 0.6) is 11.5 Å². The number of anilines is 1. The molecule has 1 amide bonds. The number of Topliss-reactive ketones (excluding diaryl/α,β-unsaturated/α-hetero) is 1. The highest BCUT2D eigenvalue weighted by Gasteiger charge is 2.26. The molecule has 0 bridgehead atoms. The zero-order chi connectivity index (χ0) is 16.4. The molecule has 23 heavy (non-hydrogen) atoms. The predicted octanol–water partition coefficient (Wildman–Crippen LogP) is 2.82. The van der Waals surface area contributed by atoms with E-state index in [9.17, 15) is 9.59 Å². The Morgan fingerprint density at radius 3 is 2.61 bits per heavy atom. The summed E-state index contributed by atoms with van der Waals surface area (Å²) < 4.78 is 10.6. The van der Waals surface area contributed by atoms with Crippen molar-refractivity contribution < 1.29 is 19.1 Å². The molecule has 0 aliphatic carbocycles. The van der Waals surface area contributed by atoms with Crippen LogP contribution in [-0.4, -0.2) is 25.4 Å². The SMILES string of the molecule is COc1ccc(CN2C(=O)COc3cc(C(C)=O)ccc32)cc1. The van der Waals surface area contributed by atoms with E-state index in [0.717, 1.165) is 11.3 Å². The number of fused-ring (bicyclic) bond motifs is 1. The van der Waals surface area contributed by atoms with Crippen molar-refractivity contribution in [3.8, 4) is 11.5 Å². The average Bonchev–Trinajstić information content (AvgIpc) is 2.57. The van der Waals surface area contributed by atoms with Gasteiger partial charge in [-0.3, -0.25) is 9.59 Å². The maximum absolute atomic E-state index is 12.2. The summed E-state index contributed by atoms with van der Waals surface area (Å²) >= 11 is 0. The second-order valence-corrected chi connectivity index (χ2v) is 5.36. The monoisotopic (exact) mass is 311 g/mol. The molecular formula is C18H17NO4. The van der Waals surface area contributed by atoms with Crippen molar-refractivity contribution >= 4 is 17.4 Å². The molecule has 0 N–H and O–H groups in total. The van der Waals surface area contributed by atoms with E-state index < -0.39 is 0 Å². The number of ketones is 1. The lowest BCUT2D eigenvalue weighted by molar-refractivity contribution is -0.121. The van der Waals surface area contributed by atoms with Gasteiger partial charge in [0.15, 0.2) is 12.4 Å². The molecule has 0 fully saturated rings. The van der Waals surface area contributed by atoms with Crippen LogP contribution in [0.4, 0.5) is 5.69 Å². The Balaban J connectivity index is 1.90. The predicted molar refractivity (Wildman–Crippen MR) is 86.1 cm³/mol. The fraction of sp³-hybridized carbons (Fsp3) is 0.222. The molecular weight excluding hydrogens is 294 g/mol. The van der Waals surface area contributed by atoms with Gasteiger partial charge in [-0.1, -0.05) is 12.1 Å². The first-order valence-corrected chi connectivity index (χ1v) is 7.29. The highest BCUT2D eigenvalue weighted by Crippen LogP contribution is 2.34. The van der Waals surface area contributed by atoms with Crippen LogP contribution < -0.4 is 14.4 Å². The van der Waals surface area contributed by atoms with Crippen LogP contribution in [0.3, 0.4) is 0 Å². The number of hydrogen-bond donors (Lipinski definition) is 0. The Hall–Kier alpha value is -2.82. The van der Waals surface area contributed by atoms with Gasteiger partial charge >= 0.3 is 0 Å².